The van der Waals surface area contributed by atoms with Gasteiger partial charge in [0.2, 0.25) is 0 Å². The number of ether oxygens (including phenoxy) is 1. The number of nitrogens with zero attached hydrogens (tertiary/aromatic N) is 1. The average molecular weight is 238 g/mol. The minimum atomic E-state index is -0.345. The van der Waals surface area contributed by atoms with Crippen molar-refractivity contribution in [1.82, 2.24) is 4.98 Å². The Labute approximate surface area is 97.7 Å². The van der Waals surface area contributed by atoms with Gasteiger partial charge in [-0.2, -0.15) is 0 Å². The first-order chi connectivity index (χ1) is 7.70. The van der Waals surface area contributed by atoms with Crippen LogP contribution in [0, 0.1) is 5.82 Å². The Morgan fingerprint density at radius 2 is 2.06 bits per heavy atom. The maximum atomic E-state index is 13.0. The van der Waals surface area contributed by atoms with E-state index in [1.165, 1.54) is 19.2 Å². The van der Waals surface area contributed by atoms with Crippen LogP contribution in [-0.2, 0) is 0 Å². The second kappa shape index (κ2) is 4.49. The Kier molecular flexibility index (Phi) is 3.06. The number of aromatic nitrogens is 1. The van der Waals surface area contributed by atoms with Crippen LogP contribution >= 0.6 is 11.6 Å². The predicted molar refractivity (Wildman–Crippen MR) is 61.2 cm³/mol. The monoisotopic (exact) mass is 237 g/mol. The first-order valence-corrected chi connectivity index (χ1v) is 5.04. The van der Waals surface area contributed by atoms with Gasteiger partial charge in [0.15, 0.2) is 0 Å². The van der Waals surface area contributed by atoms with Crippen LogP contribution in [0.15, 0.2) is 36.5 Å². The van der Waals surface area contributed by atoms with E-state index in [-0.39, 0.29) is 5.82 Å². The molecule has 82 valence electrons. The minimum Gasteiger partial charge on any atom is -0.496 e. The van der Waals surface area contributed by atoms with E-state index in [1.807, 2.05) is 0 Å². The van der Waals surface area contributed by atoms with Gasteiger partial charge in [-0.25, -0.2) is 4.39 Å². The molecular formula is C12H9ClFNO. The lowest BCUT2D eigenvalue weighted by molar-refractivity contribution is 0.413. The van der Waals surface area contributed by atoms with Crippen molar-refractivity contribution in [2.24, 2.45) is 0 Å². The van der Waals surface area contributed by atoms with Crippen molar-refractivity contribution in [3.05, 3.63) is 47.4 Å². The molecule has 0 aliphatic heterocycles. The van der Waals surface area contributed by atoms with Crippen LogP contribution in [0.1, 0.15) is 0 Å². The highest BCUT2D eigenvalue weighted by atomic mass is 35.5. The van der Waals surface area contributed by atoms with E-state index in [4.69, 9.17) is 16.3 Å². The predicted octanol–water partition coefficient (Wildman–Crippen LogP) is 3.55. The van der Waals surface area contributed by atoms with Gasteiger partial charge in [0.25, 0.3) is 0 Å². The normalized spacial score (nSPS) is 10.2. The van der Waals surface area contributed by atoms with Crippen molar-refractivity contribution in [2.75, 3.05) is 7.11 Å². The summed E-state index contributed by atoms with van der Waals surface area (Å²) in [5, 5.41) is 0.580. The summed E-state index contributed by atoms with van der Waals surface area (Å²) in [6.07, 6.45) is 1.60. The number of methoxy groups -OCH3 is 1. The molecule has 0 fully saturated rings. The fraction of sp³-hybridized carbons (Fsp3) is 0.0833. The molecule has 1 heterocycles. The molecule has 2 aromatic rings. The third-order valence-electron chi connectivity index (χ3n) is 2.16. The zero-order valence-corrected chi connectivity index (χ0v) is 9.33. The summed E-state index contributed by atoms with van der Waals surface area (Å²) < 4.78 is 18.1. The van der Waals surface area contributed by atoms with Crippen LogP contribution in [0.2, 0.25) is 5.02 Å². The summed E-state index contributed by atoms with van der Waals surface area (Å²) in [5.41, 5.74) is 1.37. The lowest BCUT2D eigenvalue weighted by Crippen LogP contribution is -1.91. The molecule has 0 unspecified atom stereocenters. The van der Waals surface area contributed by atoms with Gasteiger partial charge in [-0.1, -0.05) is 11.6 Å². The molecule has 0 spiro atoms. The highest BCUT2D eigenvalue weighted by Gasteiger charge is 2.08. The Hall–Kier alpha value is -1.61. The molecule has 1 aromatic heterocycles. The number of hydrogen-bond donors (Lipinski definition) is 0. The molecule has 0 saturated carbocycles. The minimum absolute atomic E-state index is 0.345. The summed E-state index contributed by atoms with van der Waals surface area (Å²) in [6, 6.07) is 7.68. The Morgan fingerprint density at radius 3 is 2.75 bits per heavy atom. The van der Waals surface area contributed by atoms with Gasteiger partial charge in [0.1, 0.15) is 11.6 Å². The van der Waals surface area contributed by atoms with Crippen molar-refractivity contribution in [3.63, 3.8) is 0 Å². The third kappa shape index (κ3) is 2.14. The SMILES string of the molecule is COc1cc(F)ccc1-c1cc(Cl)ccn1. The molecule has 4 heteroatoms. The molecule has 0 atom stereocenters. The summed E-state index contributed by atoms with van der Waals surface area (Å²) >= 11 is 5.87. The molecule has 16 heavy (non-hydrogen) atoms. The van der Waals surface area contributed by atoms with Gasteiger partial charge in [-0.15, -0.1) is 0 Å². The van der Waals surface area contributed by atoms with Gasteiger partial charge in [0, 0.05) is 22.8 Å². The van der Waals surface area contributed by atoms with Crippen LogP contribution < -0.4 is 4.74 Å². The van der Waals surface area contributed by atoms with Gasteiger partial charge in [-0.05, 0) is 24.3 Å². The van der Waals surface area contributed by atoms with Crippen molar-refractivity contribution in [2.45, 2.75) is 0 Å². The largest absolute Gasteiger partial charge is 0.496 e. The standard InChI is InChI=1S/C12H9ClFNO/c1-16-12-7-9(14)2-3-10(12)11-6-8(13)4-5-15-11/h2-7H,1H3. The fourth-order valence-electron chi connectivity index (χ4n) is 1.43. The zero-order chi connectivity index (χ0) is 11.5. The van der Waals surface area contributed by atoms with Gasteiger partial charge in [-0.3, -0.25) is 4.98 Å². The first-order valence-electron chi connectivity index (χ1n) is 4.66. The Balaban J connectivity index is 2.55. The highest BCUT2D eigenvalue weighted by molar-refractivity contribution is 6.30. The highest BCUT2D eigenvalue weighted by Crippen LogP contribution is 2.30. The molecule has 0 N–H and O–H groups in total. The van der Waals surface area contributed by atoms with E-state index in [9.17, 15) is 4.39 Å². The van der Waals surface area contributed by atoms with E-state index in [0.717, 1.165) is 0 Å². The van der Waals surface area contributed by atoms with Gasteiger partial charge < -0.3 is 4.74 Å². The van der Waals surface area contributed by atoms with Crippen LogP contribution in [0.4, 0.5) is 4.39 Å². The van der Waals surface area contributed by atoms with Crippen LogP contribution in [0.25, 0.3) is 11.3 Å². The molecule has 0 aliphatic rings. The van der Waals surface area contributed by atoms with Gasteiger partial charge >= 0.3 is 0 Å². The number of pyridine rings is 1. The number of benzene rings is 1. The van der Waals surface area contributed by atoms with Crippen molar-refractivity contribution in [3.8, 4) is 17.0 Å². The van der Waals surface area contributed by atoms with E-state index >= 15 is 0 Å². The molecule has 0 aliphatic carbocycles. The van der Waals surface area contributed by atoms with Gasteiger partial charge in [0.05, 0.1) is 12.8 Å². The quantitative estimate of drug-likeness (QED) is 0.797. The number of hydrogen-bond acceptors (Lipinski definition) is 2. The molecule has 0 amide bonds. The Morgan fingerprint density at radius 1 is 1.25 bits per heavy atom. The molecular weight excluding hydrogens is 229 g/mol. The third-order valence-corrected chi connectivity index (χ3v) is 2.40. The topological polar surface area (TPSA) is 22.1 Å². The second-order valence-corrected chi connectivity index (χ2v) is 3.64. The second-order valence-electron chi connectivity index (χ2n) is 3.20. The summed E-state index contributed by atoms with van der Waals surface area (Å²) in [4.78, 5) is 4.16. The average Bonchev–Trinajstić information content (AvgIpc) is 2.28. The summed E-state index contributed by atoms with van der Waals surface area (Å²) in [6.45, 7) is 0. The van der Waals surface area contributed by atoms with Crippen molar-refractivity contribution >= 4 is 11.6 Å². The summed E-state index contributed by atoms with van der Waals surface area (Å²) in [5.74, 6) is 0.0948. The number of halogens is 2. The van der Waals surface area contributed by atoms with Crippen LogP contribution in [-0.4, -0.2) is 12.1 Å². The lowest BCUT2D eigenvalue weighted by atomic mass is 10.1. The molecule has 0 bridgehead atoms. The van der Waals surface area contributed by atoms with Crippen molar-refractivity contribution in [1.29, 1.82) is 0 Å². The molecule has 0 radical (unpaired) electrons. The zero-order valence-electron chi connectivity index (χ0n) is 8.58. The molecule has 2 rings (SSSR count). The van der Waals surface area contributed by atoms with E-state index in [1.54, 1.807) is 24.4 Å². The fourth-order valence-corrected chi connectivity index (χ4v) is 1.59. The number of rotatable bonds is 2. The van der Waals surface area contributed by atoms with E-state index in [0.29, 0.717) is 22.0 Å². The summed E-state index contributed by atoms with van der Waals surface area (Å²) in [7, 11) is 1.49. The molecule has 2 nitrogen and oxygen atoms in total. The lowest BCUT2D eigenvalue weighted by Gasteiger charge is -2.07. The molecule has 0 saturated heterocycles. The van der Waals surface area contributed by atoms with Crippen LogP contribution in [0.5, 0.6) is 5.75 Å². The maximum Gasteiger partial charge on any atom is 0.131 e. The first kappa shape index (κ1) is 10.9. The van der Waals surface area contributed by atoms with E-state index in [2.05, 4.69) is 4.98 Å². The smallest absolute Gasteiger partial charge is 0.131 e. The maximum absolute atomic E-state index is 13.0. The Bertz CT molecular complexity index is 516. The van der Waals surface area contributed by atoms with Crippen LogP contribution in [0.3, 0.4) is 0 Å². The molecule has 1 aromatic carbocycles. The van der Waals surface area contributed by atoms with E-state index < -0.39 is 0 Å². The van der Waals surface area contributed by atoms with Crippen molar-refractivity contribution < 1.29 is 9.13 Å².